The number of esters is 1. The lowest BCUT2D eigenvalue weighted by Crippen LogP contribution is -2.20. The second-order valence-electron chi connectivity index (χ2n) is 8.24. The molecule has 4 rings (SSSR count). The number of hydrogen-bond donors (Lipinski definition) is 2. The van der Waals surface area contributed by atoms with Crippen molar-refractivity contribution in [2.75, 3.05) is 17.2 Å². The summed E-state index contributed by atoms with van der Waals surface area (Å²) in [6.45, 7) is 4.17. The Bertz CT molecular complexity index is 1240. The topological polar surface area (TPSA) is 84.5 Å². The molecule has 0 bridgehead atoms. The van der Waals surface area contributed by atoms with Gasteiger partial charge in [-0.1, -0.05) is 19.1 Å². The summed E-state index contributed by atoms with van der Waals surface area (Å²) in [5.41, 5.74) is 2.15. The maximum Gasteiger partial charge on any atom is 0.338 e. The van der Waals surface area contributed by atoms with E-state index in [2.05, 4.69) is 17.6 Å². The van der Waals surface area contributed by atoms with Gasteiger partial charge in [-0.2, -0.15) is 0 Å². The molecule has 0 radical (unpaired) electrons. The largest absolute Gasteiger partial charge is 0.462 e. The van der Waals surface area contributed by atoms with Gasteiger partial charge in [0.05, 0.1) is 23.3 Å². The van der Waals surface area contributed by atoms with Crippen molar-refractivity contribution < 1.29 is 23.5 Å². The summed E-state index contributed by atoms with van der Waals surface area (Å²) in [5, 5.41) is 6.03. The summed E-state index contributed by atoms with van der Waals surface area (Å²) in [4.78, 5) is 39.0. The molecule has 0 aliphatic heterocycles. The second-order valence-corrected chi connectivity index (χ2v) is 9.35. The zero-order valence-electron chi connectivity index (χ0n) is 18.9. The normalized spacial score (nSPS) is 14.7. The molecule has 0 saturated heterocycles. The Labute approximate surface area is 201 Å². The molecule has 0 saturated carbocycles. The van der Waals surface area contributed by atoms with Crippen molar-refractivity contribution in [2.24, 2.45) is 5.92 Å². The lowest BCUT2D eigenvalue weighted by atomic mass is 9.88. The van der Waals surface area contributed by atoms with Crippen LogP contribution in [0.5, 0.6) is 0 Å². The van der Waals surface area contributed by atoms with E-state index >= 15 is 0 Å². The van der Waals surface area contributed by atoms with Gasteiger partial charge in [-0.15, -0.1) is 11.3 Å². The highest BCUT2D eigenvalue weighted by atomic mass is 32.1. The molecule has 1 atom stereocenters. The van der Waals surface area contributed by atoms with Gasteiger partial charge in [0.1, 0.15) is 10.8 Å². The van der Waals surface area contributed by atoms with E-state index < -0.39 is 17.7 Å². The lowest BCUT2D eigenvalue weighted by molar-refractivity contribution is 0.0526. The van der Waals surface area contributed by atoms with E-state index in [9.17, 15) is 18.8 Å². The van der Waals surface area contributed by atoms with Crippen LogP contribution in [0.4, 0.5) is 15.1 Å². The average molecular weight is 481 g/mol. The van der Waals surface area contributed by atoms with Crippen LogP contribution >= 0.6 is 11.3 Å². The highest BCUT2D eigenvalue weighted by molar-refractivity contribution is 7.17. The molecular weight excluding hydrogens is 455 g/mol. The summed E-state index contributed by atoms with van der Waals surface area (Å²) in [7, 11) is 0. The molecule has 3 aromatic rings. The molecule has 8 heteroatoms. The van der Waals surface area contributed by atoms with Crippen molar-refractivity contribution >= 4 is 39.8 Å². The van der Waals surface area contributed by atoms with Gasteiger partial charge in [-0.25, -0.2) is 9.18 Å². The molecule has 176 valence electrons. The number of carbonyl (C=O) groups is 3. The average Bonchev–Trinajstić information content (AvgIpc) is 3.16. The summed E-state index contributed by atoms with van der Waals surface area (Å²) in [6, 6.07) is 12.2. The summed E-state index contributed by atoms with van der Waals surface area (Å²) < 4.78 is 19.1. The van der Waals surface area contributed by atoms with Gasteiger partial charge in [0.15, 0.2) is 0 Å². The number of nitrogens with one attached hydrogen (secondary N) is 2. The van der Waals surface area contributed by atoms with Gasteiger partial charge in [0, 0.05) is 10.6 Å². The number of fused-ring (bicyclic) bond motifs is 1. The molecule has 6 nitrogen and oxygen atoms in total. The maximum absolute atomic E-state index is 14.1. The Morgan fingerprint density at radius 2 is 1.79 bits per heavy atom. The number of ether oxygens (including phenoxy) is 1. The van der Waals surface area contributed by atoms with Gasteiger partial charge >= 0.3 is 5.97 Å². The molecule has 1 aromatic heterocycles. The van der Waals surface area contributed by atoms with Crippen LogP contribution < -0.4 is 10.6 Å². The van der Waals surface area contributed by atoms with E-state index in [1.165, 1.54) is 29.5 Å². The summed E-state index contributed by atoms with van der Waals surface area (Å²) >= 11 is 1.37. The number of hydrogen-bond acceptors (Lipinski definition) is 5. The van der Waals surface area contributed by atoms with Gasteiger partial charge < -0.3 is 15.4 Å². The van der Waals surface area contributed by atoms with Gasteiger partial charge in [-0.05, 0) is 74.1 Å². The molecule has 0 spiro atoms. The van der Waals surface area contributed by atoms with Crippen molar-refractivity contribution in [1.82, 2.24) is 0 Å². The minimum absolute atomic E-state index is 0.0804. The minimum Gasteiger partial charge on any atom is -0.462 e. The number of carbonyl (C=O) groups excluding carboxylic acids is 3. The Morgan fingerprint density at radius 1 is 1.06 bits per heavy atom. The molecule has 0 unspecified atom stereocenters. The Morgan fingerprint density at radius 3 is 2.50 bits per heavy atom. The number of rotatable bonds is 6. The highest BCUT2D eigenvalue weighted by Crippen LogP contribution is 2.40. The monoisotopic (exact) mass is 480 g/mol. The number of anilines is 2. The first-order chi connectivity index (χ1) is 16.4. The molecule has 34 heavy (non-hydrogen) atoms. The molecular formula is C26H25FN2O4S. The van der Waals surface area contributed by atoms with E-state index in [-0.39, 0.29) is 18.1 Å². The molecule has 1 aliphatic rings. The van der Waals surface area contributed by atoms with Crippen molar-refractivity contribution in [1.29, 1.82) is 0 Å². The van der Waals surface area contributed by atoms with E-state index in [0.29, 0.717) is 27.7 Å². The zero-order chi connectivity index (χ0) is 24.2. The number of thiophene rings is 1. The molecule has 0 fully saturated rings. The highest BCUT2D eigenvalue weighted by Gasteiger charge is 2.29. The van der Waals surface area contributed by atoms with E-state index in [4.69, 9.17) is 4.74 Å². The molecule has 2 N–H and O–H groups in total. The van der Waals surface area contributed by atoms with Crippen molar-refractivity contribution in [3.63, 3.8) is 0 Å². The van der Waals surface area contributed by atoms with E-state index in [1.807, 2.05) is 0 Å². The Balaban J connectivity index is 1.61. The smallest absolute Gasteiger partial charge is 0.338 e. The molecule has 1 aliphatic carbocycles. The lowest BCUT2D eigenvalue weighted by Gasteiger charge is -2.18. The fourth-order valence-corrected chi connectivity index (χ4v) is 5.40. The van der Waals surface area contributed by atoms with Crippen LogP contribution in [0, 0.1) is 11.7 Å². The van der Waals surface area contributed by atoms with Gasteiger partial charge in [0.25, 0.3) is 11.8 Å². The van der Waals surface area contributed by atoms with Crippen LogP contribution in [0.1, 0.15) is 61.8 Å². The van der Waals surface area contributed by atoms with Crippen LogP contribution in [0.3, 0.4) is 0 Å². The van der Waals surface area contributed by atoms with E-state index in [1.54, 1.807) is 37.3 Å². The number of halogens is 1. The van der Waals surface area contributed by atoms with Crippen LogP contribution in [0.25, 0.3) is 0 Å². The molecule has 2 amide bonds. The van der Waals surface area contributed by atoms with Crippen LogP contribution in [-0.2, 0) is 17.6 Å². The summed E-state index contributed by atoms with van der Waals surface area (Å²) in [6.07, 6.45) is 2.50. The predicted octanol–water partition coefficient (Wildman–Crippen LogP) is 5.69. The van der Waals surface area contributed by atoms with Crippen LogP contribution in [0.15, 0.2) is 48.5 Å². The SMILES string of the molecule is CCOC(=O)c1ccc(NC(=O)c2c(NC(=O)c3ccccc3F)sc3c2CC[C@H](C)C3)cc1. The van der Waals surface area contributed by atoms with E-state index in [0.717, 1.165) is 29.7 Å². The third-order valence-electron chi connectivity index (χ3n) is 5.74. The fourth-order valence-electron chi connectivity index (χ4n) is 3.99. The van der Waals surface area contributed by atoms with Crippen LogP contribution in [0.2, 0.25) is 0 Å². The zero-order valence-corrected chi connectivity index (χ0v) is 19.8. The second kappa shape index (κ2) is 10.2. The van der Waals surface area contributed by atoms with Crippen molar-refractivity contribution in [3.05, 3.63) is 81.5 Å². The van der Waals surface area contributed by atoms with Crippen molar-refractivity contribution in [2.45, 2.75) is 33.1 Å². The quantitative estimate of drug-likeness (QED) is 0.444. The van der Waals surface area contributed by atoms with Crippen molar-refractivity contribution in [3.8, 4) is 0 Å². The minimum atomic E-state index is -0.623. The first-order valence-electron chi connectivity index (χ1n) is 11.2. The first-order valence-corrected chi connectivity index (χ1v) is 12.0. The standard InChI is InChI=1S/C26H25FN2O4S/c1-3-33-26(32)16-9-11-17(12-10-16)28-24(31)22-19-13-8-15(2)14-21(19)34-25(22)29-23(30)18-6-4-5-7-20(18)27/h4-7,9-12,15H,3,8,13-14H2,1-2H3,(H,28,31)(H,29,30)/t15-/m0/s1. The fraction of sp³-hybridized carbons (Fsp3) is 0.269. The third-order valence-corrected chi connectivity index (χ3v) is 6.91. The number of benzene rings is 2. The van der Waals surface area contributed by atoms with Gasteiger partial charge in [0.2, 0.25) is 0 Å². The first kappa shape index (κ1) is 23.6. The maximum atomic E-state index is 14.1. The molecule has 1 heterocycles. The Hall–Kier alpha value is -3.52. The van der Waals surface area contributed by atoms with Gasteiger partial charge in [-0.3, -0.25) is 9.59 Å². The third kappa shape index (κ3) is 5.02. The molecule has 2 aromatic carbocycles. The number of amides is 2. The predicted molar refractivity (Wildman–Crippen MR) is 130 cm³/mol. The Kier molecular flexibility index (Phi) is 7.07. The summed E-state index contributed by atoms with van der Waals surface area (Å²) in [5.74, 6) is -1.54. The van der Waals surface area contributed by atoms with Crippen LogP contribution in [-0.4, -0.2) is 24.4 Å².